The van der Waals surface area contributed by atoms with Crippen molar-refractivity contribution in [3.8, 4) is 11.5 Å². The first kappa shape index (κ1) is 14.4. The summed E-state index contributed by atoms with van der Waals surface area (Å²) in [6, 6.07) is 6.52. The fraction of sp³-hybridized carbons (Fsp3) is 0.214. The van der Waals surface area contributed by atoms with Gasteiger partial charge in [-0.1, -0.05) is 17.7 Å². The Hall–Kier alpha value is -2.01. The molecule has 1 aromatic heterocycles. The van der Waals surface area contributed by atoms with Gasteiger partial charge in [0.25, 0.3) is 0 Å². The van der Waals surface area contributed by atoms with Crippen molar-refractivity contribution in [1.29, 1.82) is 0 Å². The molecule has 0 amide bonds. The SMILES string of the molecule is COc1ccc(CNc2ccc(F)nc2)c(Cl)c1OC. The Balaban J connectivity index is 2.15. The maximum Gasteiger partial charge on any atom is 0.212 e. The largest absolute Gasteiger partial charge is 0.493 e. The van der Waals surface area contributed by atoms with Gasteiger partial charge in [0.1, 0.15) is 0 Å². The molecule has 4 nitrogen and oxygen atoms in total. The van der Waals surface area contributed by atoms with Gasteiger partial charge in [0.2, 0.25) is 5.95 Å². The Bertz CT molecular complexity index is 590. The number of halogens is 2. The monoisotopic (exact) mass is 296 g/mol. The number of aromatic nitrogens is 1. The number of ether oxygens (including phenoxy) is 2. The molecule has 0 atom stereocenters. The lowest BCUT2D eigenvalue weighted by molar-refractivity contribution is 0.355. The number of benzene rings is 1. The third kappa shape index (κ3) is 3.11. The number of anilines is 1. The maximum absolute atomic E-state index is 12.7. The summed E-state index contributed by atoms with van der Waals surface area (Å²) in [6.07, 6.45) is 1.42. The van der Waals surface area contributed by atoms with Gasteiger partial charge in [0.15, 0.2) is 11.5 Å². The van der Waals surface area contributed by atoms with Crippen LogP contribution >= 0.6 is 11.6 Å². The number of pyridine rings is 1. The summed E-state index contributed by atoms with van der Waals surface area (Å²) in [6.45, 7) is 0.465. The molecule has 0 aliphatic carbocycles. The minimum Gasteiger partial charge on any atom is -0.493 e. The van der Waals surface area contributed by atoms with Gasteiger partial charge < -0.3 is 14.8 Å². The van der Waals surface area contributed by atoms with Crippen molar-refractivity contribution in [3.05, 3.63) is 47.0 Å². The zero-order valence-electron chi connectivity index (χ0n) is 11.1. The lowest BCUT2D eigenvalue weighted by Crippen LogP contribution is -2.02. The summed E-state index contributed by atoms with van der Waals surface area (Å²) in [5, 5.41) is 3.59. The van der Waals surface area contributed by atoms with Gasteiger partial charge in [-0.2, -0.15) is 4.39 Å². The Morgan fingerprint density at radius 3 is 2.60 bits per heavy atom. The minimum atomic E-state index is -0.514. The smallest absolute Gasteiger partial charge is 0.212 e. The Labute approximate surface area is 121 Å². The quantitative estimate of drug-likeness (QED) is 0.858. The fourth-order valence-electron chi connectivity index (χ4n) is 1.74. The molecule has 2 rings (SSSR count). The molecule has 0 aliphatic rings. The zero-order chi connectivity index (χ0) is 14.5. The molecule has 1 N–H and O–H groups in total. The van der Waals surface area contributed by atoms with Gasteiger partial charge >= 0.3 is 0 Å². The van der Waals surface area contributed by atoms with Crippen molar-refractivity contribution >= 4 is 17.3 Å². The molecule has 20 heavy (non-hydrogen) atoms. The van der Waals surface area contributed by atoms with E-state index < -0.39 is 5.95 Å². The van der Waals surface area contributed by atoms with Crippen molar-refractivity contribution in [3.63, 3.8) is 0 Å². The van der Waals surface area contributed by atoms with E-state index in [0.29, 0.717) is 28.8 Å². The summed E-state index contributed by atoms with van der Waals surface area (Å²) >= 11 is 6.26. The van der Waals surface area contributed by atoms with Gasteiger partial charge in [-0.3, -0.25) is 0 Å². The standard InChI is InChI=1S/C14H14ClFN2O2/c1-19-11-5-3-9(13(15)14(11)20-2)7-17-10-4-6-12(16)18-8-10/h3-6,8,17H,7H2,1-2H3. The van der Waals surface area contributed by atoms with E-state index in [1.807, 2.05) is 6.07 Å². The van der Waals surface area contributed by atoms with Crippen LogP contribution in [0.3, 0.4) is 0 Å². The maximum atomic E-state index is 12.7. The molecule has 0 aliphatic heterocycles. The summed E-state index contributed by atoms with van der Waals surface area (Å²) in [5.41, 5.74) is 1.55. The molecule has 0 saturated heterocycles. The van der Waals surface area contributed by atoms with Crippen molar-refractivity contribution in [2.75, 3.05) is 19.5 Å². The molecule has 1 heterocycles. The average molecular weight is 297 g/mol. The lowest BCUT2D eigenvalue weighted by Gasteiger charge is -2.13. The number of nitrogens with one attached hydrogen (secondary N) is 1. The molecule has 0 radical (unpaired) electrons. The van der Waals surface area contributed by atoms with Crippen LogP contribution in [0, 0.1) is 5.95 Å². The van der Waals surface area contributed by atoms with Crippen LogP contribution in [0.5, 0.6) is 11.5 Å². The van der Waals surface area contributed by atoms with Crippen molar-refractivity contribution in [2.24, 2.45) is 0 Å². The summed E-state index contributed by atoms with van der Waals surface area (Å²) in [4.78, 5) is 3.57. The molecule has 0 bridgehead atoms. The summed E-state index contributed by atoms with van der Waals surface area (Å²) in [5.74, 6) is 0.551. The molecule has 106 valence electrons. The van der Waals surface area contributed by atoms with E-state index >= 15 is 0 Å². The highest BCUT2D eigenvalue weighted by Gasteiger charge is 2.12. The Morgan fingerprint density at radius 2 is 2.00 bits per heavy atom. The highest BCUT2D eigenvalue weighted by Crippen LogP contribution is 2.37. The fourth-order valence-corrected chi connectivity index (χ4v) is 2.04. The molecule has 2 aromatic rings. The normalized spacial score (nSPS) is 10.2. The van der Waals surface area contributed by atoms with Gasteiger partial charge in [0.05, 0.1) is 31.1 Å². The molecule has 0 fully saturated rings. The van der Waals surface area contributed by atoms with E-state index in [1.54, 1.807) is 19.2 Å². The third-order valence-electron chi connectivity index (χ3n) is 2.78. The molecule has 0 spiro atoms. The topological polar surface area (TPSA) is 43.4 Å². The predicted molar refractivity (Wildman–Crippen MR) is 76.1 cm³/mol. The molecule has 6 heteroatoms. The molecule has 0 saturated carbocycles. The summed E-state index contributed by atoms with van der Waals surface area (Å²) in [7, 11) is 3.08. The minimum absolute atomic E-state index is 0.465. The first-order valence-corrected chi connectivity index (χ1v) is 6.28. The Kier molecular flexibility index (Phi) is 4.63. The van der Waals surface area contributed by atoms with E-state index in [9.17, 15) is 4.39 Å². The second kappa shape index (κ2) is 6.43. The van der Waals surface area contributed by atoms with Crippen LogP contribution in [0.25, 0.3) is 0 Å². The number of hydrogen-bond donors (Lipinski definition) is 1. The summed E-state index contributed by atoms with van der Waals surface area (Å²) < 4.78 is 23.1. The first-order chi connectivity index (χ1) is 9.65. The van der Waals surface area contributed by atoms with Gasteiger partial charge in [-0.05, 0) is 23.8 Å². The van der Waals surface area contributed by atoms with Gasteiger partial charge in [0, 0.05) is 6.54 Å². The van der Waals surface area contributed by atoms with Crippen molar-refractivity contribution in [2.45, 2.75) is 6.54 Å². The van der Waals surface area contributed by atoms with Crippen LogP contribution in [-0.4, -0.2) is 19.2 Å². The van der Waals surface area contributed by atoms with Crippen LogP contribution < -0.4 is 14.8 Å². The van der Waals surface area contributed by atoms with Crippen LogP contribution in [0.4, 0.5) is 10.1 Å². The molecular formula is C14H14ClFN2O2. The number of methoxy groups -OCH3 is 2. The van der Waals surface area contributed by atoms with Crippen LogP contribution in [-0.2, 0) is 6.54 Å². The zero-order valence-corrected chi connectivity index (χ0v) is 11.9. The number of nitrogens with zero attached hydrogens (tertiary/aromatic N) is 1. The van der Waals surface area contributed by atoms with Crippen LogP contribution in [0.15, 0.2) is 30.5 Å². The lowest BCUT2D eigenvalue weighted by atomic mass is 10.2. The number of hydrogen-bond acceptors (Lipinski definition) is 4. The van der Waals surface area contributed by atoms with E-state index in [4.69, 9.17) is 21.1 Å². The van der Waals surface area contributed by atoms with Gasteiger partial charge in [-0.25, -0.2) is 4.98 Å². The molecular weight excluding hydrogens is 283 g/mol. The highest BCUT2D eigenvalue weighted by atomic mass is 35.5. The van der Waals surface area contributed by atoms with Crippen molar-refractivity contribution in [1.82, 2.24) is 4.98 Å². The second-order valence-electron chi connectivity index (χ2n) is 4.00. The molecule has 1 aromatic carbocycles. The van der Waals surface area contributed by atoms with E-state index in [2.05, 4.69) is 10.3 Å². The van der Waals surface area contributed by atoms with E-state index in [-0.39, 0.29) is 0 Å². The van der Waals surface area contributed by atoms with E-state index in [1.165, 1.54) is 19.4 Å². The van der Waals surface area contributed by atoms with Crippen LogP contribution in [0.1, 0.15) is 5.56 Å². The Morgan fingerprint density at radius 1 is 1.20 bits per heavy atom. The van der Waals surface area contributed by atoms with Crippen LogP contribution in [0.2, 0.25) is 5.02 Å². The first-order valence-electron chi connectivity index (χ1n) is 5.90. The second-order valence-corrected chi connectivity index (χ2v) is 4.38. The van der Waals surface area contributed by atoms with Gasteiger partial charge in [-0.15, -0.1) is 0 Å². The van der Waals surface area contributed by atoms with Crippen molar-refractivity contribution < 1.29 is 13.9 Å². The highest BCUT2D eigenvalue weighted by molar-refractivity contribution is 6.33. The number of rotatable bonds is 5. The average Bonchev–Trinajstić information content (AvgIpc) is 2.47. The predicted octanol–water partition coefficient (Wildman–Crippen LogP) is 3.50. The third-order valence-corrected chi connectivity index (χ3v) is 3.19. The molecule has 0 unspecified atom stereocenters. The van der Waals surface area contributed by atoms with E-state index in [0.717, 1.165) is 5.56 Å².